The van der Waals surface area contributed by atoms with Crippen LogP contribution in [0.3, 0.4) is 0 Å². The first-order chi connectivity index (χ1) is 8.70. The van der Waals surface area contributed by atoms with E-state index in [0.29, 0.717) is 6.61 Å². The molecule has 4 heteroatoms. The fourth-order valence-electron chi connectivity index (χ4n) is 1.90. The van der Waals surface area contributed by atoms with Gasteiger partial charge in [0, 0.05) is 13.2 Å². The summed E-state index contributed by atoms with van der Waals surface area (Å²) < 4.78 is 17.2. The molecule has 1 aromatic carbocycles. The summed E-state index contributed by atoms with van der Waals surface area (Å²) in [5, 5.41) is 0. The number of benzene rings is 1. The summed E-state index contributed by atoms with van der Waals surface area (Å²) in [6.07, 6.45) is 0.970. The van der Waals surface area contributed by atoms with Crippen LogP contribution in [0, 0.1) is 0 Å². The maximum absolute atomic E-state index is 5.78. The van der Waals surface area contributed by atoms with Crippen molar-refractivity contribution in [1.29, 1.82) is 0 Å². The molecule has 0 atom stereocenters. The van der Waals surface area contributed by atoms with E-state index in [9.17, 15) is 0 Å². The first-order valence-corrected chi connectivity index (χ1v) is 9.18. The lowest BCUT2D eigenvalue weighted by Crippen LogP contribution is -2.38. The third-order valence-corrected chi connectivity index (χ3v) is 5.75. The van der Waals surface area contributed by atoms with E-state index in [0.717, 1.165) is 31.4 Å². The minimum absolute atomic E-state index is 0.715. The van der Waals surface area contributed by atoms with Gasteiger partial charge >= 0.3 is 8.56 Å². The molecule has 0 aromatic heterocycles. The fourth-order valence-corrected chi connectivity index (χ4v) is 4.28. The lowest BCUT2D eigenvalue weighted by molar-refractivity contribution is 0.185. The standard InChI is InChI=1S/C14H24O3Si/c1-4-16-18(3,17-5-2)13-9-12-15-14-10-7-6-8-11-14/h6-8,10-11H,4-5,9,12-13H2,1-3H3. The highest BCUT2D eigenvalue weighted by molar-refractivity contribution is 6.66. The maximum Gasteiger partial charge on any atom is 0.335 e. The Morgan fingerprint density at radius 1 is 1.00 bits per heavy atom. The van der Waals surface area contributed by atoms with Crippen LogP contribution >= 0.6 is 0 Å². The van der Waals surface area contributed by atoms with Crippen molar-refractivity contribution < 1.29 is 13.6 Å². The lowest BCUT2D eigenvalue weighted by atomic mass is 10.3. The molecule has 102 valence electrons. The van der Waals surface area contributed by atoms with Crippen molar-refractivity contribution in [2.45, 2.75) is 32.9 Å². The summed E-state index contributed by atoms with van der Waals surface area (Å²) in [4.78, 5) is 0. The van der Waals surface area contributed by atoms with Gasteiger partial charge in [-0.3, -0.25) is 0 Å². The van der Waals surface area contributed by atoms with E-state index in [1.54, 1.807) is 0 Å². The van der Waals surface area contributed by atoms with E-state index in [-0.39, 0.29) is 0 Å². The van der Waals surface area contributed by atoms with Crippen LogP contribution < -0.4 is 4.74 Å². The molecule has 0 saturated heterocycles. The van der Waals surface area contributed by atoms with Gasteiger partial charge in [0.2, 0.25) is 0 Å². The molecule has 0 fully saturated rings. The predicted octanol–water partition coefficient (Wildman–Crippen LogP) is 3.60. The highest BCUT2D eigenvalue weighted by Gasteiger charge is 2.29. The van der Waals surface area contributed by atoms with Gasteiger partial charge in [-0.05, 0) is 45.0 Å². The monoisotopic (exact) mass is 268 g/mol. The highest BCUT2D eigenvalue weighted by Crippen LogP contribution is 2.17. The molecule has 0 unspecified atom stereocenters. The molecule has 0 heterocycles. The van der Waals surface area contributed by atoms with E-state index < -0.39 is 8.56 Å². The third kappa shape index (κ3) is 5.66. The molecule has 0 bridgehead atoms. The molecule has 0 N–H and O–H groups in total. The van der Waals surface area contributed by atoms with Gasteiger partial charge in [-0.15, -0.1) is 0 Å². The third-order valence-electron chi connectivity index (χ3n) is 2.69. The first-order valence-electron chi connectivity index (χ1n) is 6.66. The van der Waals surface area contributed by atoms with Gasteiger partial charge < -0.3 is 13.6 Å². The molecule has 1 rings (SSSR count). The van der Waals surface area contributed by atoms with Crippen LogP contribution in [0.1, 0.15) is 20.3 Å². The normalized spacial score (nSPS) is 11.5. The summed E-state index contributed by atoms with van der Waals surface area (Å²) in [6.45, 7) is 8.33. The van der Waals surface area contributed by atoms with Gasteiger partial charge in [0.05, 0.1) is 6.61 Å². The summed E-state index contributed by atoms with van der Waals surface area (Å²) in [6, 6.07) is 10.9. The SMILES string of the molecule is CCO[Si](C)(CCCOc1ccccc1)OCC. The Bertz CT molecular complexity index is 310. The molecule has 0 aliphatic rings. The molecule has 1 aromatic rings. The Kier molecular flexibility index (Phi) is 7.01. The summed E-state index contributed by atoms with van der Waals surface area (Å²) in [7, 11) is -1.97. The van der Waals surface area contributed by atoms with Crippen molar-refractivity contribution in [1.82, 2.24) is 0 Å². The molecular weight excluding hydrogens is 244 g/mol. The molecule has 0 spiro atoms. The maximum atomic E-state index is 5.78. The van der Waals surface area contributed by atoms with Crippen molar-refractivity contribution in [3.63, 3.8) is 0 Å². The minimum Gasteiger partial charge on any atom is -0.494 e. The van der Waals surface area contributed by atoms with E-state index in [1.165, 1.54) is 0 Å². The van der Waals surface area contributed by atoms with Crippen LogP contribution in [0.25, 0.3) is 0 Å². The molecule has 3 nitrogen and oxygen atoms in total. The molecule has 0 amide bonds. The second kappa shape index (κ2) is 8.29. The van der Waals surface area contributed by atoms with Crippen molar-refractivity contribution in [2.24, 2.45) is 0 Å². The lowest BCUT2D eigenvalue weighted by Gasteiger charge is -2.25. The second-order valence-electron chi connectivity index (χ2n) is 4.26. The van der Waals surface area contributed by atoms with Crippen LogP contribution in [-0.2, 0) is 8.85 Å². The van der Waals surface area contributed by atoms with Gasteiger partial charge in [-0.2, -0.15) is 0 Å². The van der Waals surface area contributed by atoms with E-state index in [2.05, 4.69) is 6.55 Å². The Labute approximate surface area is 111 Å². The topological polar surface area (TPSA) is 27.7 Å². The zero-order chi connectivity index (χ0) is 13.3. The molecule has 18 heavy (non-hydrogen) atoms. The summed E-state index contributed by atoms with van der Waals surface area (Å²) in [5.41, 5.74) is 0. The van der Waals surface area contributed by atoms with Crippen molar-refractivity contribution >= 4 is 8.56 Å². The Hall–Kier alpha value is -0.843. The summed E-state index contributed by atoms with van der Waals surface area (Å²) in [5.74, 6) is 0.925. The van der Waals surface area contributed by atoms with Crippen LogP contribution in [0.5, 0.6) is 5.75 Å². The van der Waals surface area contributed by atoms with Gasteiger partial charge in [-0.25, -0.2) is 0 Å². The largest absolute Gasteiger partial charge is 0.494 e. The zero-order valence-electron chi connectivity index (χ0n) is 11.6. The number of rotatable bonds is 9. The quantitative estimate of drug-likeness (QED) is 0.506. The molecule has 0 aliphatic heterocycles. The molecule has 0 aliphatic carbocycles. The Balaban J connectivity index is 2.26. The van der Waals surface area contributed by atoms with Gasteiger partial charge in [0.25, 0.3) is 0 Å². The highest BCUT2D eigenvalue weighted by atomic mass is 28.4. The average molecular weight is 268 g/mol. The first kappa shape index (κ1) is 15.2. The van der Waals surface area contributed by atoms with E-state index >= 15 is 0 Å². The Morgan fingerprint density at radius 3 is 2.17 bits per heavy atom. The second-order valence-corrected chi connectivity index (χ2v) is 7.61. The van der Waals surface area contributed by atoms with E-state index in [1.807, 2.05) is 44.2 Å². The van der Waals surface area contributed by atoms with Crippen LogP contribution in [0.2, 0.25) is 12.6 Å². The van der Waals surface area contributed by atoms with E-state index in [4.69, 9.17) is 13.6 Å². The Morgan fingerprint density at radius 2 is 1.61 bits per heavy atom. The fraction of sp³-hybridized carbons (Fsp3) is 0.571. The van der Waals surface area contributed by atoms with Crippen LogP contribution in [0.4, 0.5) is 0 Å². The van der Waals surface area contributed by atoms with Gasteiger partial charge in [-0.1, -0.05) is 18.2 Å². The molecular formula is C14H24O3Si. The molecule has 0 radical (unpaired) electrons. The zero-order valence-corrected chi connectivity index (χ0v) is 12.6. The van der Waals surface area contributed by atoms with Crippen molar-refractivity contribution in [3.8, 4) is 5.75 Å². The number of para-hydroxylation sites is 1. The number of hydrogen-bond donors (Lipinski definition) is 0. The summed E-state index contributed by atoms with van der Waals surface area (Å²) >= 11 is 0. The van der Waals surface area contributed by atoms with Crippen molar-refractivity contribution in [2.75, 3.05) is 19.8 Å². The van der Waals surface area contributed by atoms with Gasteiger partial charge in [0.1, 0.15) is 5.75 Å². The van der Waals surface area contributed by atoms with Gasteiger partial charge in [0.15, 0.2) is 0 Å². The minimum atomic E-state index is -1.97. The smallest absolute Gasteiger partial charge is 0.335 e. The van der Waals surface area contributed by atoms with Crippen LogP contribution in [0.15, 0.2) is 30.3 Å². The van der Waals surface area contributed by atoms with Crippen LogP contribution in [-0.4, -0.2) is 28.4 Å². The average Bonchev–Trinajstić information content (AvgIpc) is 2.37. The number of ether oxygens (including phenoxy) is 1. The molecule has 0 saturated carbocycles. The predicted molar refractivity (Wildman–Crippen MR) is 76.2 cm³/mol. The number of hydrogen-bond acceptors (Lipinski definition) is 3. The van der Waals surface area contributed by atoms with Crippen molar-refractivity contribution in [3.05, 3.63) is 30.3 Å².